The molecule has 1 rings (SSSR count). The summed E-state index contributed by atoms with van der Waals surface area (Å²) in [6.45, 7) is 1.69. The highest BCUT2D eigenvalue weighted by atomic mass is 35.5. The number of carbonyl (C=O) groups excluding carboxylic acids is 1. The Hall–Kier alpha value is -1.55. The Morgan fingerprint density at radius 2 is 2.19 bits per heavy atom. The third-order valence-electron chi connectivity index (χ3n) is 2.10. The van der Waals surface area contributed by atoms with Crippen molar-refractivity contribution >= 4 is 23.5 Å². The van der Waals surface area contributed by atoms with Crippen LogP contribution in [0.15, 0.2) is 24.3 Å². The summed E-state index contributed by atoms with van der Waals surface area (Å²) in [5.41, 5.74) is 0.354. The van der Waals surface area contributed by atoms with Crippen LogP contribution in [0, 0.1) is 0 Å². The number of hydrogen-bond donors (Lipinski definition) is 2. The van der Waals surface area contributed by atoms with Crippen LogP contribution in [0.3, 0.4) is 0 Å². The van der Waals surface area contributed by atoms with Gasteiger partial charge < -0.3 is 10.4 Å². The lowest BCUT2D eigenvalue weighted by Gasteiger charge is -2.12. The maximum Gasteiger partial charge on any atom is 0.326 e. The first-order valence-electron chi connectivity index (χ1n) is 4.83. The Morgan fingerprint density at radius 1 is 1.50 bits per heavy atom. The zero-order chi connectivity index (χ0) is 12.1. The quantitative estimate of drug-likeness (QED) is 0.847. The molecule has 0 bridgehead atoms. The van der Waals surface area contributed by atoms with E-state index in [4.69, 9.17) is 16.7 Å². The fourth-order valence-corrected chi connectivity index (χ4v) is 1.40. The summed E-state index contributed by atoms with van der Waals surface area (Å²) in [5, 5.41) is 11.6. The first-order valence-corrected chi connectivity index (χ1v) is 5.21. The van der Waals surface area contributed by atoms with Gasteiger partial charge in [-0.25, -0.2) is 4.79 Å². The predicted molar refractivity (Wildman–Crippen MR) is 60.6 cm³/mol. The van der Waals surface area contributed by atoms with E-state index in [1.165, 1.54) is 6.07 Å². The Bertz CT molecular complexity index is 406. The van der Waals surface area contributed by atoms with Gasteiger partial charge in [0.05, 0.1) is 0 Å². The summed E-state index contributed by atoms with van der Waals surface area (Å²) in [6.07, 6.45) is 0.335. The first kappa shape index (κ1) is 12.5. The number of carbonyl (C=O) groups is 2. The molecule has 4 nitrogen and oxygen atoms in total. The molecule has 0 unspecified atom stereocenters. The number of carboxylic acid groups (broad SMARTS) is 1. The van der Waals surface area contributed by atoms with E-state index < -0.39 is 17.9 Å². The maximum absolute atomic E-state index is 11.6. The van der Waals surface area contributed by atoms with Gasteiger partial charge in [-0.2, -0.15) is 0 Å². The van der Waals surface area contributed by atoms with Crippen molar-refractivity contribution in [3.8, 4) is 0 Å². The van der Waals surface area contributed by atoms with Gasteiger partial charge in [-0.15, -0.1) is 0 Å². The van der Waals surface area contributed by atoms with E-state index in [-0.39, 0.29) is 0 Å². The smallest absolute Gasteiger partial charge is 0.326 e. The van der Waals surface area contributed by atoms with Gasteiger partial charge in [-0.1, -0.05) is 24.6 Å². The molecule has 5 heteroatoms. The number of nitrogens with one attached hydrogen (secondary N) is 1. The number of benzene rings is 1. The fourth-order valence-electron chi connectivity index (χ4n) is 1.21. The van der Waals surface area contributed by atoms with Gasteiger partial charge in [0.15, 0.2) is 0 Å². The SMILES string of the molecule is CC[C@@H](NC(=O)c1cccc(Cl)c1)C(=O)O. The second-order valence-electron chi connectivity index (χ2n) is 3.28. The van der Waals surface area contributed by atoms with E-state index in [0.717, 1.165) is 0 Å². The molecule has 0 radical (unpaired) electrons. The molecular formula is C11H12ClNO3. The van der Waals surface area contributed by atoms with E-state index in [1.807, 2.05) is 0 Å². The zero-order valence-corrected chi connectivity index (χ0v) is 9.49. The van der Waals surface area contributed by atoms with Crippen LogP contribution in [0.1, 0.15) is 23.7 Å². The number of halogens is 1. The van der Waals surface area contributed by atoms with Crippen LogP contribution in [0.25, 0.3) is 0 Å². The molecule has 0 fully saturated rings. The average molecular weight is 242 g/mol. The standard InChI is InChI=1S/C11H12ClNO3/c1-2-9(11(15)16)13-10(14)7-4-3-5-8(12)6-7/h3-6,9H,2H2,1H3,(H,13,14)(H,15,16)/t9-/m1/s1. The molecule has 0 aliphatic heterocycles. The third-order valence-corrected chi connectivity index (χ3v) is 2.33. The van der Waals surface area contributed by atoms with Gasteiger partial charge in [0.25, 0.3) is 5.91 Å². The third kappa shape index (κ3) is 3.24. The molecule has 0 aliphatic carbocycles. The Labute approximate surface area is 98.2 Å². The Morgan fingerprint density at radius 3 is 2.69 bits per heavy atom. The molecule has 1 aromatic carbocycles. The fraction of sp³-hybridized carbons (Fsp3) is 0.273. The lowest BCUT2D eigenvalue weighted by atomic mass is 10.1. The molecule has 1 aromatic rings. The number of hydrogen-bond acceptors (Lipinski definition) is 2. The maximum atomic E-state index is 11.6. The van der Waals surface area contributed by atoms with Crippen molar-refractivity contribution in [1.29, 1.82) is 0 Å². The van der Waals surface area contributed by atoms with Gasteiger partial charge in [0, 0.05) is 10.6 Å². The van der Waals surface area contributed by atoms with Gasteiger partial charge in [-0.3, -0.25) is 4.79 Å². The number of aliphatic carboxylic acids is 1. The topological polar surface area (TPSA) is 66.4 Å². The van der Waals surface area contributed by atoms with Crippen molar-refractivity contribution in [3.63, 3.8) is 0 Å². The Balaban J connectivity index is 2.75. The van der Waals surface area contributed by atoms with Crippen molar-refractivity contribution in [2.45, 2.75) is 19.4 Å². The van der Waals surface area contributed by atoms with Gasteiger partial charge in [-0.05, 0) is 24.6 Å². The summed E-state index contributed by atoms with van der Waals surface area (Å²) < 4.78 is 0. The van der Waals surface area contributed by atoms with Crippen LogP contribution in [0.5, 0.6) is 0 Å². The number of carboxylic acids is 1. The van der Waals surface area contributed by atoms with Crippen molar-refractivity contribution < 1.29 is 14.7 Å². The molecule has 0 heterocycles. The normalized spacial score (nSPS) is 11.9. The predicted octanol–water partition coefficient (Wildman–Crippen LogP) is 1.93. The van der Waals surface area contributed by atoms with Crippen LogP contribution in [0.2, 0.25) is 5.02 Å². The number of rotatable bonds is 4. The molecule has 86 valence electrons. The van der Waals surface area contributed by atoms with E-state index in [1.54, 1.807) is 25.1 Å². The van der Waals surface area contributed by atoms with Crippen molar-refractivity contribution in [2.24, 2.45) is 0 Å². The van der Waals surface area contributed by atoms with Crippen LogP contribution in [-0.4, -0.2) is 23.0 Å². The first-order chi connectivity index (χ1) is 7.54. The molecular weight excluding hydrogens is 230 g/mol. The summed E-state index contributed by atoms with van der Waals surface area (Å²) in [5.74, 6) is -1.48. The van der Waals surface area contributed by atoms with Crippen molar-refractivity contribution in [1.82, 2.24) is 5.32 Å². The molecule has 2 N–H and O–H groups in total. The molecule has 1 amide bonds. The molecule has 0 saturated carbocycles. The lowest BCUT2D eigenvalue weighted by molar-refractivity contribution is -0.139. The van der Waals surface area contributed by atoms with Crippen LogP contribution in [-0.2, 0) is 4.79 Å². The molecule has 0 saturated heterocycles. The summed E-state index contributed by atoms with van der Waals surface area (Å²) >= 11 is 5.73. The minimum Gasteiger partial charge on any atom is -0.480 e. The minimum atomic E-state index is -1.04. The lowest BCUT2D eigenvalue weighted by Crippen LogP contribution is -2.40. The van der Waals surface area contributed by atoms with Crippen LogP contribution in [0.4, 0.5) is 0 Å². The van der Waals surface area contributed by atoms with E-state index in [9.17, 15) is 9.59 Å². The largest absolute Gasteiger partial charge is 0.480 e. The zero-order valence-electron chi connectivity index (χ0n) is 8.74. The van der Waals surface area contributed by atoms with E-state index in [0.29, 0.717) is 17.0 Å². The van der Waals surface area contributed by atoms with Crippen LogP contribution >= 0.6 is 11.6 Å². The highest BCUT2D eigenvalue weighted by Gasteiger charge is 2.18. The van der Waals surface area contributed by atoms with Crippen molar-refractivity contribution in [2.75, 3.05) is 0 Å². The van der Waals surface area contributed by atoms with Gasteiger partial charge in [0.2, 0.25) is 0 Å². The van der Waals surface area contributed by atoms with Crippen LogP contribution < -0.4 is 5.32 Å². The second kappa shape index (κ2) is 5.51. The second-order valence-corrected chi connectivity index (χ2v) is 3.72. The number of amides is 1. The molecule has 0 spiro atoms. The average Bonchev–Trinajstić information content (AvgIpc) is 2.25. The molecule has 16 heavy (non-hydrogen) atoms. The van der Waals surface area contributed by atoms with Crippen molar-refractivity contribution in [3.05, 3.63) is 34.9 Å². The summed E-state index contributed by atoms with van der Waals surface area (Å²) in [6, 6.07) is 5.49. The summed E-state index contributed by atoms with van der Waals surface area (Å²) in [7, 11) is 0. The highest BCUT2D eigenvalue weighted by molar-refractivity contribution is 6.30. The molecule has 1 atom stereocenters. The minimum absolute atomic E-state index is 0.335. The highest BCUT2D eigenvalue weighted by Crippen LogP contribution is 2.10. The van der Waals surface area contributed by atoms with E-state index in [2.05, 4.69) is 5.32 Å². The summed E-state index contributed by atoms with van der Waals surface area (Å²) in [4.78, 5) is 22.4. The molecule has 0 aliphatic rings. The van der Waals surface area contributed by atoms with Gasteiger partial charge in [0.1, 0.15) is 6.04 Å². The molecule has 0 aromatic heterocycles. The van der Waals surface area contributed by atoms with Gasteiger partial charge >= 0.3 is 5.97 Å². The monoisotopic (exact) mass is 241 g/mol. The van der Waals surface area contributed by atoms with E-state index >= 15 is 0 Å². The Kier molecular flexibility index (Phi) is 4.31.